The molecule has 1 aromatic carbocycles. The van der Waals surface area contributed by atoms with E-state index in [2.05, 4.69) is 27.3 Å². The summed E-state index contributed by atoms with van der Waals surface area (Å²) in [5.74, 6) is 0.891. The maximum atomic E-state index is 12.3. The highest BCUT2D eigenvalue weighted by atomic mass is 16.6. The van der Waals surface area contributed by atoms with Crippen molar-refractivity contribution in [1.29, 1.82) is 0 Å². The lowest BCUT2D eigenvalue weighted by Crippen LogP contribution is -2.57. The molecule has 2 aliphatic heterocycles. The molecule has 2 heterocycles. The Morgan fingerprint density at radius 1 is 1.30 bits per heavy atom. The fraction of sp³-hybridized carbons (Fsp3) is 0.600. The van der Waals surface area contributed by atoms with Crippen molar-refractivity contribution in [1.82, 2.24) is 15.1 Å². The summed E-state index contributed by atoms with van der Waals surface area (Å²) in [6, 6.07) is 10.4. The van der Waals surface area contributed by atoms with Gasteiger partial charge in [0.05, 0.1) is 18.7 Å². The number of carbonyl (C=O) groups excluding carboxylic acids is 1. The van der Waals surface area contributed by atoms with Gasteiger partial charge in [-0.2, -0.15) is 0 Å². The number of aliphatic imine (C=N–C) groups is 1. The summed E-state index contributed by atoms with van der Waals surface area (Å²) < 4.78 is 11.1. The number of rotatable bonds is 4. The molecule has 1 aromatic rings. The fourth-order valence-corrected chi connectivity index (χ4v) is 3.41. The smallest absolute Gasteiger partial charge is 0.410 e. The highest BCUT2D eigenvalue weighted by Gasteiger charge is 2.36. The molecule has 0 bridgehead atoms. The molecule has 148 valence electrons. The molecule has 0 radical (unpaired) electrons. The van der Waals surface area contributed by atoms with E-state index in [4.69, 9.17) is 9.47 Å². The number of fused-ring (bicyclic) bond motifs is 1. The van der Waals surface area contributed by atoms with Crippen LogP contribution >= 0.6 is 0 Å². The number of carbonyl (C=O) groups is 1. The maximum absolute atomic E-state index is 12.3. The van der Waals surface area contributed by atoms with Crippen LogP contribution in [-0.4, -0.2) is 73.3 Å². The molecule has 1 N–H and O–H groups in total. The fourth-order valence-electron chi connectivity index (χ4n) is 3.41. The van der Waals surface area contributed by atoms with Crippen molar-refractivity contribution in [3.63, 3.8) is 0 Å². The normalized spacial score (nSPS) is 20.7. The van der Waals surface area contributed by atoms with E-state index in [1.807, 2.05) is 39.0 Å². The van der Waals surface area contributed by atoms with E-state index in [0.717, 1.165) is 18.1 Å². The van der Waals surface area contributed by atoms with Gasteiger partial charge in [-0.3, -0.25) is 4.99 Å². The molecular weight excluding hydrogens is 344 g/mol. The van der Waals surface area contributed by atoms with E-state index < -0.39 is 5.60 Å². The molecule has 27 heavy (non-hydrogen) atoms. The van der Waals surface area contributed by atoms with Crippen LogP contribution < -0.4 is 5.32 Å². The molecule has 0 aromatic heterocycles. The SMILES string of the molecule is COC(CNC1=NCC2CN(C(=O)OC(C)(C)C)CCN12)c1ccccc1. The number of amides is 1. The first kappa shape index (κ1) is 19.5. The number of nitrogens with zero attached hydrogens (tertiary/aromatic N) is 3. The molecule has 7 heteroatoms. The van der Waals surface area contributed by atoms with Crippen LogP contribution in [0.3, 0.4) is 0 Å². The first-order valence-electron chi connectivity index (χ1n) is 9.48. The summed E-state index contributed by atoms with van der Waals surface area (Å²) in [5, 5.41) is 3.43. The minimum Gasteiger partial charge on any atom is -0.444 e. The molecule has 0 spiro atoms. The van der Waals surface area contributed by atoms with Gasteiger partial charge in [0.25, 0.3) is 0 Å². The van der Waals surface area contributed by atoms with Crippen molar-refractivity contribution < 1.29 is 14.3 Å². The van der Waals surface area contributed by atoms with Crippen LogP contribution in [0.15, 0.2) is 35.3 Å². The molecule has 1 saturated heterocycles. The number of hydrogen-bond acceptors (Lipinski definition) is 6. The molecular formula is C20H30N4O3. The average molecular weight is 374 g/mol. The Morgan fingerprint density at radius 2 is 2.04 bits per heavy atom. The van der Waals surface area contributed by atoms with Crippen molar-refractivity contribution in [2.45, 2.75) is 38.5 Å². The highest BCUT2D eigenvalue weighted by Crippen LogP contribution is 2.20. The van der Waals surface area contributed by atoms with Crippen molar-refractivity contribution in [3.8, 4) is 0 Å². The minimum atomic E-state index is -0.473. The summed E-state index contributed by atoms with van der Waals surface area (Å²) in [6.07, 6.45) is -0.275. The summed E-state index contributed by atoms with van der Waals surface area (Å²) in [5.41, 5.74) is 0.664. The second-order valence-electron chi connectivity index (χ2n) is 7.95. The van der Waals surface area contributed by atoms with E-state index in [1.165, 1.54) is 0 Å². The zero-order chi connectivity index (χ0) is 19.4. The quantitative estimate of drug-likeness (QED) is 0.876. The first-order chi connectivity index (χ1) is 12.9. The van der Waals surface area contributed by atoms with Crippen molar-refractivity contribution in [2.24, 2.45) is 4.99 Å². The summed E-state index contributed by atoms with van der Waals surface area (Å²) in [7, 11) is 1.72. The molecule has 2 atom stereocenters. The van der Waals surface area contributed by atoms with Crippen molar-refractivity contribution >= 4 is 12.1 Å². The van der Waals surface area contributed by atoms with E-state index >= 15 is 0 Å². The van der Waals surface area contributed by atoms with Gasteiger partial charge in [0.15, 0.2) is 5.96 Å². The lowest BCUT2D eigenvalue weighted by Gasteiger charge is -2.39. The van der Waals surface area contributed by atoms with E-state index in [-0.39, 0.29) is 18.2 Å². The second-order valence-corrected chi connectivity index (χ2v) is 7.95. The summed E-state index contributed by atoms with van der Waals surface area (Å²) in [6.45, 7) is 9.03. The Balaban J connectivity index is 1.52. The Hall–Kier alpha value is -2.28. The van der Waals surface area contributed by atoms with Gasteiger partial charge in [0, 0.05) is 33.3 Å². The monoisotopic (exact) mass is 374 g/mol. The number of guanidine groups is 1. The maximum Gasteiger partial charge on any atom is 0.410 e. The third-order valence-corrected chi connectivity index (χ3v) is 4.76. The molecule has 1 fully saturated rings. The molecule has 2 unspecified atom stereocenters. The number of hydrogen-bond donors (Lipinski definition) is 1. The van der Waals surface area contributed by atoms with Crippen LogP contribution in [-0.2, 0) is 9.47 Å². The third kappa shape index (κ3) is 4.91. The van der Waals surface area contributed by atoms with Crippen LogP contribution in [0.1, 0.15) is 32.4 Å². The van der Waals surface area contributed by atoms with Gasteiger partial charge in [-0.25, -0.2) is 4.79 Å². The Morgan fingerprint density at radius 3 is 2.70 bits per heavy atom. The molecule has 7 nitrogen and oxygen atoms in total. The van der Waals surface area contributed by atoms with Gasteiger partial charge in [-0.05, 0) is 26.3 Å². The van der Waals surface area contributed by atoms with Crippen LogP contribution in [0.4, 0.5) is 4.79 Å². The van der Waals surface area contributed by atoms with Gasteiger partial charge in [0.1, 0.15) is 5.60 Å². The summed E-state index contributed by atoms with van der Waals surface area (Å²) in [4.78, 5) is 21.0. The van der Waals surface area contributed by atoms with Crippen LogP contribution in [0, 0.1) is 0 Å². The predicted octanol–water partition coefficient (Wildman–Crippen LogP) is 2.25. The predicted molar refractivity (Wildman–Crippen MR) is 105 cm³/mol. The van der Waals surface area contributed by atoms with Gasteiger partial charge in [-0.1, -0.05) is 30.3 Å². The molecule has 3 rings (SSSR count). The topological polar surface area (TPSA) is 66.4 Å². The number of nitrogens with one attached hydrogen (secondary N) is 1. The van der Waals surface area contributed by atoms with Crippen molar-refractivity contribution in [3.05, 3.63) is 35.9 Å². The van der Waals surface area contributed by atoms with E-state index in [1.54, 1.807) is 12.0 Å². The van der Waals surface area contributed by atoms with Crippen molar-refractivity contribution in [2.75, 3.05) is 39.8 Å². The first-order valence-corrected chi connectivity index (χ1v) is 9.48. The van der Waals surface area contributed by atoms with Crippen LogP contribution in [0.5, 0.6) is 0 Å². The molecule has 1 amide bonds. The number of benzene rings is 1. The molecule has 0 aliphatic carbocycles. The van der Waals surface area contributed by atoms with Gasteiger partial charge < -0.3 is 24.6 Å². The zero-order valence-electron chi connectivity index (χ0n) is 16.6. The number of ether oxygens (including phenoxy) is 2. The van der Waals surface area contributed by atoms with Crippen LogP contribution in [0.25, 0.3) is 0 Å². The average Bonchev–Trinajstić information content (AvgIpc) is 3.04. The Labute approximate surface area is 161 Å². The van der Waals surface area contributed by atoms with E-state index in [0.29, 0.717) is 26.2 Å². The standard InChI is InChI=1S/C20H30N4O3/c1-20(2,3)27-19(25)23-10-11-24-16(14-23)12-21-18(24)22-13-17(26-4)15-8-6-5-7-9-15/h5-9,16-17H,10-14H2,1-4H3,(H,21,22). The highest BCUT2D eigenvalue weighted by molar-refractivity contribution is 5.82. The number of methoxy groups -OCH3 is 1. The third-order valence-electron chi connectivity index (χ3n) is 4.76. The van der Waals surface area contributed by atoms with Crippen LogP contribution in [0.2, 0.25) is 0 Å². The lowest BCUT2D eigenvalue weighted by molar-refractivity contribution is 0.0137. The summed E-state index contributed by atoms with van der Waals surface area (Å²) >= 11 is 0. The Bertz CT molecular complexity index is 672. The number of piperazine rings is 1. The largest absolute Gasteiger partial charge is 0.444 e. The second kappa shape index (κ2) is 8.17. The zero-order valence-corrected chi connectivity index (χ0v) is 16.6. The molecule has 2 aliphatic rings. The lowest BCUT2D eigenvalue weighted by atomic mass is 10.1. The van der Waals surface area contributed by atoms with Gasteiger partial charge in [0.2, 0.25) is 0 Å². The van der Waals surface area contributed by atoms with Gasteiger partial charge in [-0.15, -0.1) is 0 Å². The minimum absolute atomic E-state index is 0.0315. The Kier molecular flexibility index (Phi) is 5.89. The molecule has 0 saturated carbocycles. The van der Waals surface area contributed by atoms with E-state index in [9.17, 15) is 4.79 Å². The van der Waals surface area contributed by atoms with Gasteiger partial charge >= 0.3 is 6.09 Å².